The van der Waals surface area contributed by atoms with Gasteiger partial charge in [0.05, 0.1) is 11.9 Å². The Kier molecular flexibility index (Phi) is 9.36. The number of benzene rings is 2. The van der Waals surface area contributed by atoms with Crippen LogP contribution in [0.2, 0.25) is 0 Å². The van der Waals surface area contributed by atoms with Crippen LogP contribution >= 0.6 is 0 Å². The van der Waals surface area contributed by atoms with Crippen LogP contribution in [0.1, 0.15) is 45.6 Å². The average molecular weight is 536 g/mol. The summed E-state index contributed by atoms with van der Waals surface area (Å²) in [5.41, 5.74) is 1.08. The topological polar surface area (TPSA) is 105 Å². The van der Waals surface area contributed by atoms with Crippen LogP contribution in [0.4, 0.5) is 10.1 Å². The summed E-state index contributed by atoms with van der Waals surface area (Å²) in [6.07, 6.45) is 2.08. The van der Waals surface area contributed by atoms with Crippen molar-refractivity contribution in [1.29, 1.82) is 0 Å². The van der Waals surface area contributed by atoms with E-state index in [0.29, 0.717) is 22.7 Å². The molecule has 11 heteroatoms. The van der Waals surface area contributed by atoms with Gasteiger partial charge in [-0.05, 0) is 56.5 Å². The third-order valence-corrected chi connectivity index (χ3v) is 7.42. The first-order valence-corrected chi connectivity index (χ1v) is 14.1. The molecule has 1 N–H and O–H groups in total. The molecular weight excluding hydrogens is 501 g/mol. The Balaban J connectivity index is 1.72. The number of halogens is 1. The maximum Gasteiger partial charge on any atom is 0.242 e. The molecule has 1 aliphatic rings. The molecule has 3 rings (SSSR count). The van der Waals surface area contributed by atoms with Crippen molar-refractivity contribution in [3.05, 3.63) is 53.8 Å². The summed E-state index contributed by atoms with van der Waals surface area (Å²) in [4.78, 5) is 27.6. The van der Waals surface area contributed by atoms with E-state index in [4.69, 9.17) is 9.47 Å². The number of hydrogen-bond donors (Lipinski definition) is 1. The summed E-state index contributed by atoms with van der Waals surface area (Å²) < 4.78 is 50.3. The standard InChI is InChI=1S/C26H34FN3O6S/c1-5-18(2)28-26(32)19(3)29(16-20-8-10-21(27)11-9-20)25(31)7-6-14-30(37(4,33)34)22-12-13-23-24(15-22)36-17-35-23/h8-13,15,18-19H,5-7,14,16-17H2,1-4H3,(H,28,32)/t18-,19+/m0/s1. The second-order valence-corrected chi connectivity index (χ2v) is 11.0. The number of fused-ring (bicyclic) bond motifs is 1. The zero-order valence-electron chi connectivity index (χ0n) is 21.6. The summed E-state index contributed by atoms with van der Waals surface area (Å²) in [6, 6.07) is 9.78. The van der Waals surface area contributed by atoms with Gasteiger partial charge in [0.2, 0.25) is 28.6 Å². The Morgan fingerprint density at radius 3 is 2.41 bits per heavy atom. The van der Waals surface area contributed by atoms with Crippen molar-refractivity contribution in [3.63, 3.8) is 0 Å². The van der Waals surface area contributed by atoms with Gasteiger partial charge in [-0.3, -0.25) is 13.9 Å². The van der Waals surface area contributed by atoms with Crippen LogP contribution in [0.5, 0.6) is 11.5 Å². The van der Waals surface area contributed by atoms with Gasteiger partial charge in [-0.2, -0.15) is 0 Å². The molecular formula is C26H34FN3O6S. The molecule has 2 aromatic carbocycles. The molecule has 0 fully saturated rings. The van der Waals surface area contributed by atoms with Crippen molar-refractivity contribution in [1.82, 2.24) is 10.2 Å². The van der Waals surface area contributed by atoms with E-state index in [1.54, 1.807) is 37.3 Å². The summed E-state index contributed by atoms with van der Waals surface area (Å²) in [5.74, 6) is -0.00548. The van der Waals surface area contributed by atoms with Crippen molar-refractivity contribution >= 4 is 27.5 Å². The Morgan fingerprint density at radius 2 is 1.76 bits per heavy atom. The molecule has 0 aliphatic carbocycles. The number of amides is 2. The molecule has 1 aliphatic heterocycles. The van der Waals surface area contributed by atoms with E-state index < -0.39 is 21.9 Å². The van der Waals surface area contributed by atoms with Gasteiger partial charge in [-0.25, -0.2) is 12.8 Å². The van der Waals surface area contributed by atoms with Gasteiger partial charge >= 0.3 is 0 Å². The van der Waals surface area contributed by atoms with Crippen molar-refractivity contribution in [2.45, 2.75) is 58.7 Å². The van der Waals surface area contributed by atoms with Crippen LogP contribution in [0.25, 0.3) is 0 Å². The molecule has 0 aromatic heterocycles. The highest BCUT2D eigenvalue weighted by atomic mass is 32.2. The minimum absolute atomic E-state index is 0.0126. The number of carbonyl (C=O) groups excluding carboxylic acids is 2. The Labute approximate surface area is 217 Å². The highest BCUT2D eigenvalue weighted by molar-refractivity contribution is 7.92. The number of carbonyl (C=O) groups is 2. The lowest BCUT2D eigenvalue weighted by Gasteiger charge is -2.30. The molecule has 0 saturated carbocycles. The van der Waals surface area contributed by atoms with Gasteiger partial charge in [0.15, 0.2) is 11.5 Å². The minimum atomic E-state index is -3.64. The molecule has 0 bridgehead atoms. The lowest BCUT2D eigenvalue weighted by atomic mass is 10.1. The Morgan fingerprint density at radius 1 is 1.08 bits per heavy atom. The number of nitrogens with one attached hydrogen (secondary N) is 1. The monoisotopic (exact) mass is 535 g/mol. The second-order valence-electron chi connectivity index (χ2n) is 9.12. The van der Waals surface area contributed by atoms with E-state index in [-0.39, 0.29) is 50.6 Å². The highest BCUT2D eigenvalue weighted by Gasteiger charge is 2.27. The molecule has 9 nitrogen and oxygen atoms in total. The van der Waals surface area contributed by atoms with Crippen molar-refractivity contribution in [3.8, 4) is 11.5 Å². The van der Waals surface area contributed by atoms with Crippen LogP contribution in [0.3, 0.4) is 0 Å². The predicted molar refractivity (Wildman–Crippen MR) is 138 cm³/mol. The number of anilines is 1. The summed E-state index contributed by atoms with van der Waals surface area (Å²) in [7, 11) is -3.64. The van der Waals surface area contributed by atoms with Crippen molar-refractivity contribution in [2.24, 2.45) is 0 Å². The third-order valence-electron chi connectivity index (χ3n) is 6.23. The fourth-order valence-electron chi connectivity index (χ4n) is 3.88. The first-order chi connectivity index (χ1) is 17.5. The fourth-order valence-corrected chi connectivity index (χ4v) is 4.84. The van der Waals surface area contributed by atoms with Gasteiger partial charge in [0.25, 0.3) is 0 Å². The van der Waals surface area contributed by atoms with E-state index in [1.807, 2.05) is 13.8 Å². The third kappa shape index (κ3) is 7.58. The van der Waals surface area contributed by atoms with E-state index >= 15 is 0 Å². The first-order valence-electron chi connectivity index (χ1n) is 12.2. The number of ether oxygens (including phenoxy) is 2. The van der Waals surface area contributed by atoms with E-state index in [0.717, 1.165) is 12.7 Å². The number of hydrogen-bond acceptors (Lipinski definition) is 6. The fraction of sp³-hybridized carbons (Fsp3) is 0.462. The van der Waals surface area contributed by atoms with Gasteiger partial charge in [0, 0.05) is 31.6 Å². The molecule has 37 heavy (non-hydrogen) atoms. The van der Waals surface area contributed by atoms with Gasteiger partial charge in [0.1, 0.15) is 11.9 Å². The van der Waals surface area contributed by atoms with E-state index in [9.17, 15) is 22.4 Å². The summed E-state index contributed by atoms with van der Waals surface area (Å²) >= 11 is 0. The lowest BCUT2D eigenvalue weighted by Crippen LogP contribution is -2.49. The largest absolute Gasteiger partial charge is 0.454 e. The predicted octanol–water partition coefficient (Wildman–Crippen LogP) is 3.43. The van der Waals surface area contributed by atoms with Crippen LogP contribution in [-0.4, -0.2) is 56.8 Å². The van der Waals surface area contributed by atoms with E-state index in [2.05, 4.69) is 5.32 Å². The maximum atomic E-state index is 13.4. The Bertz CT molecular complexity index is 1210. The molecule has 0 saturated heterocycles. The van der Waals surface area contributed by atoms with Crippen LogP contribution in [-0.2, 0) is 26.2 Å². The quantitative estimate of drug-likeness (QED) is 0.447. The SMILES string of the molecule is CC[C@H](C)NC(=O)[C@@H](C)N(Cc1ccc(F)cc1)C(=O)CCCN(c1ccc2c(c1)OCO2)S(C)(=O)=O. The second kappa shape index (κ2) is 12.3. The van der Waals surface area contributed by atoms with E-state index in [1.165, 1.54) is 21.3 Å². The average Bonchev–Trinajstić information content (AvgIpc) is 3.32. The highest BCUT2D eigenvalue weighted by Crippen LogP contribution is 2.36. The molecule has 2 atom stereocenters. The zero-order valence-corrected chi connectivity index (χ0v) is 22.4. The van der Waals surface area contributed by atoms with Crippen molar-refractivity contribution in [2.75, 3.05) is 23.9 Å². The van der Waals surface area contributed by atoms with Gasteiger partial charge in [-0.1, -0.05) is 19.1 Å². The summed E-state index contributed by atoms with van der Waals surface area (Å²) in [6.45, 7) is 5.72. The van der Waals surface area contributed by atoms with Gasteiger partial charge < -0.3 is 19.7 Å². The van der Waals surface area contributed by atoms with Crippen LogP contribution in [0, 0.1) is 5.82 Å². The normalized spacial score (nSPS) is 14.1. The Hall–Kier alpha value is -3.34. The molecule has 2 amide bonds. The number of rotatable bonds is 12. The molecule has 202 valence electrons. The lowest BCUT2D eigenvalue weighted by molar-refractivity contribution is -0.140. The molecule has 0 radical (unpaired) electrons. The molecule has 0 unspecified atom stereocenters. The maximum absolute atomic E-state index is 13.4. The minimum Gasteiger partial charge on any atom is -0.454 e. The number of nitrogens with zero attached hydrogens (tertiary/aromatic N) is 2. The van der Waals surface area contributed by atoms with Crippen LogP contribution < -0.4 is 19.1 Å². The van der Waals surface area contributed by atoms with Gasteiger partial charge in [-0.15, -0.1) is 0 Å². The molecule has 2 aromatic rings. The summed E-state index contributed by atoms with van der Waals surface area (Å²) in [5, 5.41) is 2.89. The smallest absolute Gasteiger partial charge is 0.242 e. The van der Waals surface area contributed by atoms with Crippen LogP contribution in [0.15, 0.2) is 42.5 Å². The zero-order chi connectivity index (χ0) is 27.2. The number of sulfonamides is 1. The molecule has 1 heterocycles. The van der Waals surface area contributed by atoms with Crippen molar-refractivity contribution < 1.29 is 31.9 Å². The first kappa shape index (κ1) is 28.2. The molecule has 0 spiro atoms.